The summed E-state index contributed by atoms with van der Waals surface area (Å²) < 4.78 is 13.4. The minimum Gasteiger partial charge on any atom is -0.494 e. The van der Waals surface area contributed by atoms with Crippen LogP contribution in [-0.2, 0) is 11.8 Å². The van der Waals surface area contributed by atoms with Gasteiger partial charge in [-0.25, -0.2) is 9.78 Å². The summed E-state index contributed by atoms with van der Waals surface area (Å²) in [4.78, 5) is 18.8. The van der Waals surface area contributed by atoms with Crippen molar-refractivity contribution in [1.82, 2.24) is 14.8 Å². The SMILES string of the molecule is COc1cccc2sc(N3CC(OC(=O)c4ccnn4C)C3)nc12. The van der Waals surface area contributed by atoms with Crippen molar-refractivity contribution in [2.45, 2.75) is 6.10 Å². The van der Waals surface area contributed by atoms with E-state index in [9.17, 15) is 4.79 Å². The van der Waals surface area contributed by atoms with E-state index in [0.717, 1.165) is 21.1 Å². The van der Waals surface area contributed by atoms with Crippen molar-refractivity contribution >= 4 is 32.7 Å². The Balaban J connectivity index is 1.42. The van der Waals surface area contributed by atoms with Crippen LogP contribution < -0.4 is 9.64 Å². The van der Waals surface area contributed by atoms with Gasteiger partial charge in [-0.1, -0.05) is 17.4 Å². The van der Waals surface area contributed by atoms with Gasteiger partial charge in [-0.2, -0.15) is 5.10 Å². The third-order valence-electron chi connectivity index (χ3n) is 4.01. The summed E-state index contributed by atoms with van der Waals surface area (Å²) in [6, 6.07) is 7.54. The van der Waals surface area contributed by atoms with E-state index < -0.39 is 0 Å². The predicted octanol–water partition coefficient (Wildman–Crippen LogP) is 2.08. The fraction of sp³-hybridized carbons (Fsp3) is 0.312. The van der Waals surface area contributed by atoms with E-state index in [0.29, 0.717) is 18.8 Å². The fourth-order valence-electron chi connectivity index (χ4n) is 2.67. The molecule has 2 aromatic heterocycles. The number of hydrogen-bond acceptors (Lipinski definition) is 7. The topological polar surface area (TPSA) is 69.5 Å². The maximum absolute atomic E-state index is 12.1. The van der Waals surface area contributed by atoms with Crippen LogP contribution >= 0.6 is 11.3 Å². The molecule has 0 saturated carbocycles. The smallest absolute Gasteiger partial charge is 0.356 e. The van der Waals surface area contributed by atoms with E-state index in [-0.39, 0.29) is 12.1 Å². The highest BCUT2D eigenvalue weighted by Crippen LogP contribution is 2.35. The molecule has 24 heavy (non-hydrogen) atoms. The number of ether oxygens (including phenoxy) is 2. The molecule has 1 aromatic carbocycles. The number of para-hydroxylation sites is 1. The van der Waals surface area contributed by atoms with Gasteiger partial charge in [-0.3, -0.25) is 4.68 Å². The number of aromatic nitrogens is 3. The largest absolute Gasteiger partial charge is 0.494 e. The molecule has 1 saturated heterocycles. The lowest BCUT2D eigenvalue weighted by Gasteiger charge is -2.38. The van der Waals surface area contributed by atoms with Gasteiger partial charge in [0.25, 0.3) is 0 Å². The molecule has 8 heteroatoms. The van der Waals surface area contributed by atoms with Crippen molar-refractivity contribution in [3.8, 4) is 5.75 Å². The lowest BCUT2D eigenvalue weighted by Crippen LogP contribution is -2.53. The summed E-state index contributed by atoms with van der Waals surface area (Å²) in [5, 5.41) is 4.90. The van der Waals surface area contributed by atoms with E-state index in [4.69, 9.17) is 9.47 Å². The molecular formula is C16H16N4O3S. The molecule has 0 N–H and O–H groups in total. The summed E-state index contributed by atoms with van der Waals surface area (Å²) in [5.74, 6) is 0.431. The van der Waals surface area contributed by atoms with E-state index in [1.807, 2.05) is 18.2 Å². The molecule has 0 bridgehead atoms. The van der Waals surface area contributed by atoms with Crippen LogP contribution in [0.3, 0.4) is 0 Å². The number of carbonyl (C=O) groups excluding carboxylic acids is 1. The van der Waals surface area contributed by atoms with Gasteiger partial charge in [-0.15, -0.1) is 0 Å². The van der Waals surface area contributed by atoms with Crippen molar-refractivity contribution in [2.75, 3.05) is 25.1 Å². The Labute approximate surface area is 142 Å². The number of aryl methyl sites for hydroxylation is 1. The molecule has 3 heterocycles. The minimum absolute atomic E-state index is 0.124. The van der Waals surface area contributed by atoms with Crippen molar-refractivity contribution in [3.63, 3.8) is 0 Å². The van der Waals surface area contributed by atoms with Crippen molar-refractivity contribution in [2.24, 2.45) is 7.05 Å². The first-order valence-electron chi connectivity index (χ1n) is 7.53. The van der Waals surface area contributed by atoms with Gasteiger partial charge in [0, 0.05) is 13.2 Å². The van der Waals surface area contributed by atoms with Crippen LogP contribution in [0.2, 0.25) is 0 Å². The van der Waals surface area contributed by atoms with Gasteiger partial charge < -0.3 is 14.4 Å². The molecule has 1 aliphatic rings. The molecule has 124 valence electrons. The molecular weight excluding hydrogens is 328 g/mol. The Kier molecular flexibility index (Phi) is 3.61. The Hall–Kier alpha value is -2.61. The normalized spacial score (nSPS) is 14.7. The number of esters is 1. The zero-order valence-electron chi connectivity index (χ0n) is 13.3. The summed E-state index contributed by atoms with van der Waals surface area (Å²) in [6.07, 6.45) is 1.46. The van der Waals surface area contributed by atoms with Crippen LogP contribution in [0, 0.1) is 0 Å². The van der Waals surface area contributed by atoms with E-state index in [1.165, 1.54) is 4.68 Å². The minimum atomic E-state index is -0.342. The number of fused-ring (bicyclic) bond motifs is 1. The van der Waals surface area contributed by atoms with Gasteiger partial charge in [0.15, 0.2) is 5.13 Å². The van der Waals surface area contributed by atoms with Crippen LogP contribution in [-0.4, -0.2) is 47.0 Å². The second-order valence-electron chi connectivity index (χ2n) is 5.58. The molecule has 0 unspecified atom stereocenters. The number of methoxy groups -OCH3 is 1. The molecule has 0 spiro atoms. The van der Waals surface area contributed by atoms with E-state index in [1.54, 1.807) is 37.8 Å². The number of benzene rings is 1. The molecule has 1 aliphatic heterocycles. The number of thiazole rings is 1. The Bertz CT molecular complexity index is 898. The maximum Gasteiger partial charge on any atom is 0.356 e. The third kappa shape index (κ3) is 2.48. The second kappa shape index (κ2) is 5.79. The van der Waals surface area contributed by atoms with Crippen LogP contribution in [0.5, 0.6) is 5.75 Å². The van der Waals surface area contributed by atoms with Gasteiger partial charge >= 0.3 is 5.97 Å². The first kappa shape index (κ1) is 14.9. The zero-order valence-corrected chi connectivity index (χ0v) is 14.1. The standard InChI is InChI=1S/C16H16N4O3S/c1-19-11(6-7-17-19)15(21)23-10-8-20(9-10)16-18-14-12(22-2)4-3-5-13(14)24-16/h3-7,10H,8-9H2,1-2H3. The Morgan fingerprint density at radius 1 is 1.33 bits per heavy atom. The van der Waals surface area contributed by atoms with Crippen molar-refractivity contribution < 1.29 is 14.3 Å². The van der Waals surface area contributed by atoms with E-state index in [2.05, 4.69) is 15.0 Å². The molecule has 4 rings (SSSR count). The number of carbonyl (C=O) groups is 1. The van der Waals surface area contributed by atoms with Crippen molar-refractivity contribution in [1.29, 1.82) is 0 Å². The van der Waals surface area contributed by atoms with Gasteiger partial charge in [0.2, 0.25) is 0 Å². The molecule has 1 fully saturated rings. The number of nitrogens with zero attached hydrogens (tertiary/aromatic N) is 4. The summed E-state index contributed by atoms with van der Waals surface area (Å²) in [6.45, 7) is 1.29. The monoisotopic (exact) mass is 344 g/mol. The summed E-state index contributed by atoms with van der Waals surface area (Å²) in [5.41, 5.74) is 1.33. The predicted molar refractivity (Wildman–Crippen MR) is 90.8 cm³/mol. The quantitative estimate of drug-likeness (QED) is 0.675. The molecule has 0 amide bonds. The van der Waals surface area contributed by atoms with Crippen LogP contribution in [0.1, 0.15) is 10.5 Å². The molecule has 0 aliphatic carbocycles. The molecule has 7 nitrogen and oxygen atoms in total. The third-order valence-corrected chi connectivity index (χ3v) is 5.09. The lowest BCUT2D eigenvalue weighted by molar-refractivity contribution is 0.0222. The lowest BCUT2D eigenvalue weighted by atomic mass is 10.2. The highest BCUT2D eigenvalue weighted by atomic mass is 32.1. The molecule has 0 radical (unpaired) electrons. The second-order valence-corrected chi connectivity index (χ2v) is 6.58. The van der Waals surface area contributed by atoms with Crippen LogP contribution in [0.25, 0.3) is 10.2 Å². The highest BCUT2D eigenvalue weighted by molar-refractivity contribution is 7.22. The van der Waals surface area contributed by atoms with Gasteiger partial charge in [0.05, 0.1) is 24.9 Å². The van der Waals surface area contributed by atoms with Crippen LogP contribution in [0.4, 0.5) is 5.13 Å². The Morgan fingerprint density at radius 2 is 2.17 bits per heavy atom. The van der Waals surface area contributed by atoms with Crippen molar-refractivity contribution in [3.05, 3.63) is 36.2 Å². The van der Waals surface area contributed by atoms with Crippen LogP contribution in [0.15, 0.2) is 30.5 Å². The summed E-state index contributed by atoms with van der Waals surface area (Å²) >= 11 is 1.61. The highest BCUT2D eigenvalue weighted by Gasteiger charge is 2.33. The zero-order chi connectivity index (χ0) is 16.7. The average Bonchev–Trinajstić information content (AvgIpc) is 3.15. The van der Waals surface area contributed by atoms with E-state index >= 15 is 0 Å². The number of rotatable bonds is 4. The van der Waals surface area contributed by atoms with Gasteiger partial charge in [0.1, 0.15) is 23.1 Å². The first-order valence-corrected chi connectivity index (χ1v) is 8.35. The Morgan fingerprint density at radius 3 is 2.88 bits per heavy atom. The number of anilines is 1. The maximum atomic E-state index is 12.1. The van der Waals surface area contributed by atoms with Gasteiger partial charge in [-0.05, 0) is 18.2 Å². The molecule has 0 atom stereocenters. The number of hydrogen-bond donors (Lipinski definition) is 0. The molecule has 3 aromatic rings. The first-order chi connectivity index (χ1) is 11.7. The summed E-state index contributed by atoms with van der Waals surface area (Å²) in [7, 11) is 3.36. The average molecular weight is 344 g/mol. The fourth-order valence-corrected chi connectivity index (χ4v) is 3.67.